The zero-order valence-electron chi connectivity index (χ0n) is 8.46. The predicted molar refractivity (Wildman–Crippen MR) is 54.4 cm³/mol. The van der Waals surface area contributed by atoms with Crippen molar-refractivity contribution in [1.82, 2.24) is 0 Å². The molecule has 1 aromatic rings. The van der Waals surface area contributed by atoms with Crippen LogP contribution in [0.25, 0.3) is 0 Å². The second-order valence-electron chi connectivity index (χ2n) is 3.82. The summed E-state index contributed by atoms with van der Waals surface area (Å²) in [6, 6.07) is 5.01. The highest BCUT2D eigenvalue weighted by Gasteiger charge is 2.23. The van der Waals surface area contributed by atoms with Crippen molar-refractivity contribution in [2.24, 2.45) is 0 Å². The number of rotatable bonds is 3. The van der Waals surface area contributed by atoms with Crippen LogP contribution in [0.4, 0.5) is 10.1 Å². The van der Waals surface area contributed by atoms with Crippen LogP contribution in [-0.2, 0) is 0 Å². The second kappa shape index (κ2) is 3.48. The maximum Gasteiger partial charge on any atom is 0.150 e. The third-order valence-corrected chi connectivity index (χ3v) is 2.23. The first kappa shape index (κ1) is 9.31. The summed E-state index contributed by atoms with van der Waals surface area (Å²) in [7, 11) is 3.64. The molecule has 1 saturated carbocycles. The number of benzene rings is 1. The summed E-state index contributed by atoms with van der Waals surface area (Å²) in [5.74, 6) is 0.406. The first-order valence-corrected chi connectivity index (χ1v) is 4.80. The molecule has 0 bridgehead atoms. The van der Waals surface area contributed by atoms with E-state index in [0.29, 0.717) is 17.5 Å². The van der Waals surface area contributed by atoms with Crippen LogP contribution in [0.5, 0.6) is 5.75 Å². The van der Waals surface area contributed by atoms with E-state index in [1.54, 1.807) is 11.0 Å². The Balaban J connectivity index is 2.16. The summed E-state index contributed by atoms with van der Waals surface area (Å²) < 4.78 is 18.9. The molecule has 0 aliphatic heterocycles. The summed E-state index contributed by atoms with van der Waals surface area (Å²) in [5, 5.41) is 0. The van der Waals surface area contributed by atoms with Gasteiger partial charge < -0.3 is 9.64 Å². The average Bonchev–Trinajstić information content (AvgIpc) is 2.87. The van der Waals surface area contributed by atoms with Crippen molar-refractivity contribution < 1.29 is 9.13 Å². The Morgan fingerprint density at radius 2 is 2.07 bits per heavy atom. The van der Waals surface area contributed by atoms with E-state index < -0.39 is 0 Å². The molecule has 0 saturated heterocycles. The van der Waals surface area contributed by atoms with Crippen molar-refractivity contribution in [2.75, 3.05) is 19.0 Å². The Morgan fingerprint density at radius 3 is 2.57 bits per heavy atom. The largest absolute Gasteiger partial charge is 0.490 e. The monoisotopic (exact) mass is 195 g/mol. The van der Waals surface area contributed by atoms with E-state index in [9.17, 15) is 4.39 Å². The molecule has 2 nitrogen and oxygen atoms in total. The van der Waals surface area contributed by atoms with E-state index in [1.165, 1.54) is 6.07 Å². The minimum atomic E-state index is -0.229. The lowest BCUT2D eigenvalue weighted by Gasteiger charge is -2.14. The van der Waals surface area contributed by atoms with Gasteiger partial charge in [0.25, 0.3) is 0 Å². The van der Waals surface area contributed by atoms with Gasteiger partial charge in [-0.05, 0) is 25.0 Å². The molecule has 3 heteroatoms. The molecule has 1 fully saturated rings. The van der Waals surface area contributed by atoms with Crippen LogP contribution in [0.1, 0.15) is 12.8 Å². The fourth-order valence-electron chi connectivity index (χ4n) is 1.30. The first-order chi connectivity index (χ1) is 6.66. The van der Waals surface area contributed by atoms with E-state index in [2.05, 4.69) is 0 Å². The van der Waals surface area contributed by atoms with Crippen LogP contribution in [0.3, 0.4) is 0 Å². The molecule has 14 heavy (non-hydrogen) atoms. The quantitative estimate of drug-likeness (QED) is 0.734. The molecule has 2 rings (SSSR count). The molecule has 0 N–H and O–H groups in total. The molecule has 0 aromatic heterocycles. The van der Waals surface area contributed by atoms with Gasteiger partial charge >= 0.3 is 0 Å². The lowest BCUT2D eigenvalue weighted by molar-refractivity contribution is 0.301. The molecule has 1 aromatic carbocycles. The highest BCUT2D eigenvalue weighted by atomic mass is 19.1. The summed E-state index contributed by atoms with van der Waals surface area (Å²) in [6.07, 6.45) is 2.51. The van der Waals surface area contributed by atoms with Gasteiger partial charge in [0.2, 0.25) is 0 Å². The average molecular weight is 195 g/mol. The smallest absolute Gasteiger partial charge is 0.150 e. The third kappa shape index (κ3) is 1.97. The number of nitrogens with zero attached hydrogens (tertiary/aromatic N) is 1. The number of anilines is 1. The highest BCUT2D eigenvalue weighted by Crippen LogP contribution is 2.29. The number of hydrogen-bond donors (Lipinski definition) is 0. The zero-order valence-corrected chi connectivity index (χ0v) is 8.46. The van der Waals surface area contributed by atoms with Gasteiger partial charge in [0.15, 0.2) is 0 Å². The van der Waals surface area contributed by atoms with Gasteiger partial charge in [-0.3, -0.25) is 0 Å². The fraction of sp³-hybridized carbons (Fsp3) is 0.455. The Kier molecular flexibility index (Phi) is 2.32. The normalized spacial score (nSPS) is 15.4. The van der Waals surface area contributed by atoms with E-state index in [1.807, 2.05) is 20.2 Å². The molecule has 0 amide bonds. The van der Waals surface area contributed by atoms with Gasteiger partial charge in [-0.25, -0.2) is 4.39 Å². The maximum atomic E-state index is 13.5. The Morgan fingerprint density at radius 1 is 1.36 bits per heavy atom. The van der Waals surface area contributed by atoms with Gasteiger partial charge in [0, 0.05) is 20.2 Å². The van der Waals surface area contributed by atoms with Gasteiger partial charge in [0.1, 0.15) is 11.6 Å². The minimum absolute atomic E-state index is 0.229. The van der Waals surface area contributed by atoms with Crippen LogP contribution < -0.4 is 9.64 Å². The molecule has 1 aliphatic rings. The molecule has 76 valence electrons. The van der Waals surface area contributed by atoms with Crippen LogP contribution in [0.2, 0.25) is 0 Å². The van der Waals surface area contributed by atoms with Gasteiger partial charge in [-0.2, -0.15) is 0 Å². The van der Waals surface area contributed by atoms with Crippen LogP contribution in [-0.4, -0.2) is 20.2 Å². The minimum Gasteiger partial charge on any atom is -0.490 e. The third-order valence-electron chi connectivity index (χ3n) is 2.23. The topological polar surface area (TPSA) is 12.5 Å². The van der Waals surface area contributed by atoms with Crippen LogP contribution in [0.15, 0.2) is 18.2 Å². The van der Waals surface area contributed by atoms with Crippen molar-refractivity contribution in [2.45, 2.75) is 18.9 Å². The van der Waals surface area contributed by atoms with Crippen molar-refractivity contribution in [3.63, 3.8) is 0 Å². The standard InChI is InChI=1S/C11H14FNO/c1-13(2)11-6-5-9(7-10(11)12)14-8-3-4-8/h5-8H,3-4H2,1-2H3. The van der Waals surface area contributed by atoms with Gasteiger partial charge in [-0.1, -0.05) is 0 Å². The summed E-state index contributed by atoms with van der Waals surface area (Å²) in [5.41, 5.74) is 0.591. The van der Waals surface area contributed by atoms with Gasteiger partial charge in [0.05, 0.1) is 11.8 Å². The van der Waals surface area contributed by atoms with E-state index in [4.69, 9.17) is 4.74 Å². The molecule has 0 heterocycles. The fourth-order valence-corrected chi connectivity index (χ4v) is 1.30. The summed E-state index contributed by atoms with van der Waals surface area (Å²) in [6.45, 7) is 0. The zero-order chi connectivity index (χ0) is 10.1. The number of ether oxygens (including phenoxy) is 1. The highest BCUT2D eigenvalue weighted by molar-refractivity contribution is 5.49. The second-order valence-corrected chi connectivity index (χ2v) is 3.82. The van der Waals surface area contributed by atoms with Crippen molar-refractivity contribution >= 4 is 5.69 Å². The predicted octanol–water partition coefficient (Wildman–Crippen LogP) is 2.43. The molecule has 0 atom stereocenters. The summed E-state index contributed by atoms with van der Waals surface area (Å²) in [4.78, 5) is 1.75. The summed E-state index contributed by atoms with van der Waals surface area (Å²) >= 11 is 0. The maximum absolute atomic E-state index is 13.5. The molecular weight excluding hydrogens is 181 g/mol. The number of halogens is 1. The SMILES string of the molecule is CN(C)c1ccc(OC2CC2)cc1F. The number of hydrogen-bond acceptors (Lipinski definition) is 2. The molecule has 0 unspecified atom stereocenters. The van der Waals surface area contributed by atoms with Crippen LogP contribution in [0, 0.1) is 5.82 Å². The van der Waals surface area contributed by atoms with Crippen molar-refractivity contribution in [1.29, 1.82) is 0 Å². The van der Waals surface area contributed by atoms with E-state index in [-0.39, 0.29) is 5.82 Å². The van der Waals surface area contributed by atoms with Crippen LogP contribution >= 0.6 is 0 Å². The van der Waals surface area contributed by atoms with Crippen molar-refractivity contribution in [3.05, 3.63) is 24.0 Å². The van der Waals surface area contributed by atoms with E-state index in [0.717, 1.165) is 12.8 Å². The molecule has 0 radical (unpaired) electrons. The molecule has 1 aliphatic carbocycles. The Labute approximate surface area is 83.3 Å². The lowest BCUT2D eigenvalue weighted by atomic mass is 10.2. The molecular formula is C11H14FNO. The first-order valence-electron chi connectivity index (χ1n) is 4.80. The lowest BCUT2D eigenvalue weighted by Crippen LogP contribution is -2.10. The van der Waals surface area contributed by atoms with Crippen molar-refractivity contribution in [3.8, 4) is 5.75 Å². The van der Waals surface area contributed by atoms with Gasteiger partial charge in [-0.15, -0.1) is 0 Å². The van der Waals surface area contributed by atoms with E-state index >= 15 is 0 Å². The molecule has 0 spiro atoms. The Hall–Kier alpha value is -1.25. The Bertz CT molecular complexity index is 334.